The van der Waals surface area contributed by atoms with Crippen LogP contribution in [-0.2, 0) is 16.9 Å². The third kappa shape index (κ3) is 2.95. The van der Waals surface area contributed by atoms with Crippen LogP contribution in [0.3, 0.4) is 0 Å². The van der Waals surface area contributed by atoms with Gasteiger partial charge in [0.1, 0.15) is 29.9 Å². The van der Waals surface area contributed by atoms with Gasteiger partial charge in [-0.05, 0) is 6.07 Å². The quantitative estimate of drug-likeness (QED) is 0.412. The number of hydrogen-bond donors (Lipinski definition) is 3. The molecule has 0 aliphatic carbocycles. The molecule has 9 heteroatoms. The van der Waals surface area contributed by atoms with Crippen LogP contribution in [0.2, 0.25) is 0 Å². The van der Waals surface area contributed by atoms with E-state index in [4.69, 9.17) is 5.84 Å². The highest BCUT2D eigenvalue weighted by Gasteiger charge is 2.42. The van der Waals surface area contributed by atoms with E-state index in [-0.39, 0.29) is 12.1 Å². The van der Waals surface area contributed by atoms with Crippen molar-refractivity contribution in [3.8, 4) is 0 Å². The second kappa shape index (κ2) is 6.16. The number of halogens is 2. The minimum absolute atomic E-state index is 0.236. The molecule has 0 radical (unpaired) electrons. The van der Waals surface area contributed by atoms with Gasteiger partial charge in [0.2, 0.25) is 5.91 Å². The van der Waals surface area contributed by atoms with Crippen LogP contribution in [0.25, 0.3) is 0 Å². The van der Waals surface area contributed by atoms with Crippen LogP contribution in [-0.4, -0.2) is 25.8 Å². The summed E-state index contributed by atoms with van der Waals surface area (Å²) < 4.78 is 28.4. The number of benzene rings is 1. The number of hydrogen-bond acceptors (Lipinski definition) is 5. The fourth-order valence-corrected chi connectivity index (χ4v) is 2.20. The first-order valence-corrected chi connectivity index (χ1v) is 6.39. The maximum absolute atomic E-state index is 14.1. The Kier molecular flexibility index (Phi) is 4.48. The molecule has 0 aliphatic rings. The van der Waals surface area contributed by atoms with E-state index < -0.39 is 29.1 Å². The number of rotatable bonds is 5. The number of carbonyl (C=O) groups is 1. The molecule has 0 aliphatic heterocycles. The van der Waals surface area contributed by atoms with Crippen molar-refractivity contribution in [2.45, 2.75) is 19.1 Å². The highest BCUT2D eigenvalue weighted by Crippen LogP contribution is 2.33. The van der Waals surface area contributed by atoms with E-state index in [0.717, 1.165) is 12.1 Å². The molecule has 2 aromatic rings. The lowest BCUT2D eigenvalue weighted by atomic mass is 9.81. The summed E-state index contributed by atoms with van der Waals surface area (Å²) in [5.41, 5.74) is -0.317. The predicted molar refractivity (Wildman–Crippen MR) is 71.8 cm³/mol. The Morgan fingerprint density at radius 3 is 2.82 bits per heavy atom. The fraction of sp³-hybridized carbons (Fsp3) is 0.308. The first-order valence-electron chi connectivity index (χ1n) is 6.39. The number of nitrogens with zero attached hydrogens (tertiary/aromatic N) is 3. The number of nitrogens with one attached hydrogen (secondary N) is 1. The van der Waals surface area contributed by atoms with Crippen molar-refractivity contribution < 1.29 is 18.7 Å². The van der Waals surface area contributed by atoms with Gasteiger partial charge < -0.3 is 5.11 Å². The fourth-order valence-electron chi connectivity index (χ4n) is 2.20. The van der Waals surface area contributed by atoms with Gasteiger partial charge in [0.25, 0.3) is 0 Å². The van der Waals surface area contributed by atoms with Crippen molar-refractivity contribution in [2.75, 3.05) is 0 Å². The van der Waals surface area contributed by atoms with Crippen molar-refractivity contribution >= 4 is 5.91 Å². The largest absolute Gasteiger partial charge is 0.382 e. The van der Waals surface area contributed by atoms with Gasteiger partial charge in [-0.25, -0.2) is 24.3 Å². The topological polar surface area (TPSA) is 106 Å². The van der Waals surface area contributed by atoms with E-state index in [2.05, 4.69) is 10.1 Å². The molecule has 22 heavy (non-hydrogen) atoms. The lowest BCUT2D eigenvalue weighted by molar-refractivity contribution is -0.136. The molecular weight excluding hydrogens is 296 g/mol. The maximum atomic E-state index is 14.1. The number of carbonyl (C=O) groups excluding carboxylic acids is 1. The van der Waals surface area contributed by atoms with Gasteiger partial charge >= 0.3 is 0 Å². The molecule has 0 bridgehead atoms. The van der Waals surface area contributed by atoms with Gasteiger partial charge in [-0.15, -0.1) is 0 Å². The summed E-state index contributed by atoms with van der Waals surface area (Å²) in [4.78, 5) is 15.5. The molecule has 4 N–H and O–H groups in total. The average Bonchev–Trinajstić information content (AvgIpc) is 2.98. The zero-order valence-corrected chi connectivity index (χ0v) is 11.7. The van der Waals surface area contributed by atoms with E-state index in [1.54, 1.807) is 0 Å². The standard InChI is InChI=1S/C13H15F2N5O2/c1-8(12(21)19-16)13(22,5-20-7-17-6-18-20)10-3-2-9(14)4-11(10)15/h2-4,6-8,22H,5,16H2,1H3,(H,19,21). The summed E-state index contributed by atoms with van der Waals surface area (Å²) in [6.07, 6.45) is 2.54. The normalized spacial score (nSPS) is 15.1. The average molecular weight is 311 g/mol. The molecule has 2 rings (SSSR count). The van der Waals surface area contributed by atoms with E-state index >= 15 is 0 Å². The molecule has 0 fully saturated rings. The van der Waals surface area contributed by atoms with Crippen LogP contribution in [0.1, 0.15) is 12.5 Å². The Hall–Kier alpha value is -2.39. The molecule has 118 valence electrons. The second-order valence-corrected chi connectivity index (χ2v) is 4.87. The predicted octanol–water partition coefficient (Wildman–Crippen LogP) is 0.0701. The molecule has 0 saturated carbocycles. The maximum Gasteiger partial charge on any atom is 0.240 e. The first-order chi connectivity index (χ1) is 10.4. The SMILES string of the molecule is CC(C(=O)NN)C(O)(Cn1cncn1)c1ccc(F)cc1F. The molecule has 1 aromatic heterocycles. The van der Waals surface area contributed by atoms with E-state index in [9.17, 15) is 18.7 Å². The Morgan fingerprint density at radius 1 is 1.55 bits per heavy atom. The lowest BCUT2D eigenvalue weighted by Crippen LogP contribution is -2.48. The molecule has 7 nitrogen and oxygen atoms in total. The molecule has 1 amide bonds. The molecule has 1 heterocycles. The van der Waals surface area contributed by atoms with Crippen LogP contribution >= 0.6 is 0 Å². The summed E-state index contributed by atoms with van der Waals surface area (Å²) in [5, 5.41) is 14.8. The van der Waals surface area contributed by atoms with Crippen LogP contribution in [0.15, 0.2) is 30.9 Å². The Morgan fingerprint density at radius 2 is 2.27 bits per heavy atom. The Labute approximate surface area is 124 Å². The van der Waals surface area contributed by atoms with Gasteiger partial charge in [-0.2, -0.15) is 5.10 Å². The van der Waals surface area contributed by atoms with Crippen molar-refractivity contribution in [3.63, 3.8) is 0 Å². The highest BCUT2D eigenvalue weighted by atomic mass is 19.1. The van der Waals surface area contributed by atoms with Gasteiger partial charge in [0.05, 0.1) is 12.5 Å². The van der Waals surface area contributed by atoms with Crippen molar-refractivity contribution in [1.82, 2.24) is 20.2 Å². The third-order valence-electron chi connectivity index (χ3n) is 3.52. The molecular formula is C13H15F2N5O2. The summed E-state index contributed by atoms with van der Waals surface area (Å²) in [5.74, 6) is 1.49. The van der Waals surface area contributed by atoms with Gasteiger partial charge in [-0.3, -0.25) is 10.2 Å². The van der Waals surface area contributed by atoms with Gasteiger partial charge in [-0.1, -0.05) is 13.0 Å². The van der Waals surface area contributed by atoms with Gasteiger partial charge in [0, 0.05) is 11.6 Å². The lowest BCUT2D eigenvalue weighted by Gasteiger charge is -2.33. The van der Waals surface area contributed by atoms with Crippen LogP contribution < -0.4 is 11.3 Å². The number of aromatic nitrogens is 3. The summed E-state index contributed by atoms with van der Waals surface area (Å²) in [7, 11) is 0. The minimum Gasteiger partial charge on any atom is -0.382 e. The van der Waals surface area contributed by atoms with Crippen LogP contribution in [0.4, 0.5) is 8.78 Å². The van der Waals surface area contributed by atoms with E-state index in [0.29, 0.717) is 6.07 Å². The second-order valence-electron chi connectivity index (χ2n) is 4.87. The number of amides is 1. The molecule has 1 aromatic carbocycles. The summed E-state index contributed by atoms with van der Waals surface area (Å²) >= 11 is 0. The van der Waals surface area contributed by atoms with E-state index in [1.165, 1.54) is 24.3 Å². The van der Waals surface area contributed by atoms with Crippen LogP contribution in [0.5, 0.6) is 0 Å². The monoisotopic (exact) mass is 311 g/mol. The van der Waals surface area contributed by atoms with Crippen LogP contribution in [0, 0.1) is 17.6 Å². The zero-order valence-electron chi connectivity index (χ0n) is 11.7. The summed E-state index contributed by atoms with van der Waals surface area (Å²) in [6.45, 7) is 1.12. The molecule has 2 atom stereocenters. The van der Waals surface area contributed by atoms with Crippen molar-refractivity contribution in [3.05, 3.63) is 48.1 Å². The Balaban J connectivity index is 2.50. The third-order valence-corrected chi connectivity index (χ3v) is 3.52. The van der Waals surface area contributed by atoms with Crippen molar-refractivity contribution in [1.29, 1.82) is 0 Å². The van der Waals surface area contributed by atoms with E-state index in [1.807, 2.05) is 5.43 Å². The first kappa shape index (κ1) is 16.0. The van der Waals surface area contributed by atoms with Gasteiger partial charge in [0.15, 0.2) is 0 Å². The molecule has 0 saturated heterocycles. The highest BCUT2D eigenvalue weighted by molar-refractivity contribution is 5.79. The molecule has 2 unspecified atom stereocenters. The minimum atomic E-state index is -1.99. The number of nitrogens with two attached hydrogens (primary N) is 1. The molecule has 0 spiro atoms. The zero-order chi connectivity index (χ0) is 16.3. The smallest absolute Gasteiger partial charge is 0.240 e. The Bertz CT molecular complexity index is 664. The summed E-state index contributed by atoms with van der Waals surface area (Å²) in [6, 6.07) is 2.72. The van der Waals surface area contributed by atoms with Crippen molar-refractivity contribution in [2.24, 2.45) is 11.8 Å². The number of hydrazine groups is 1. The number of aliphatic hydroxyl groups is 1.